The molecule has 15 heavy (non-hydrogen) atoms. The molecule has 0 aromatic rings. The second kappa shape index (κ2) is 15.2. The van der Waals surface area contributed by atoms with E-state index in [2.05, 4.69) is 2.84 Å². The van der Waals surface area contributed by atoms with Gasteiger partial charge in [-0.05, 0) is 0 Å². The van der Waals surface area contributed by atoms with Gasteiger partial charge in [-0.25, -0.2) is 0 Å². The topological polar surface area (TPSA) is 176 Å². The van der Waals surface area contributed by atoms with Crippen LogP contribution in [-0.4, -0.2) is 0 Å². The van der Waals surface area contributed by atoms with Gasteiger partial charge >= 0.3 is 164 Å². The van der Waals surface area contributed by atoms with E-state index < -0.39 is 27.2 Å². The van der Waals surface area contributed by atoms with Gasteiger partial charge in [0, 0.05) is 0 Å². The normalized spacial score (nSPS) is 8.93. The Hall–Kier alpha value is 3.18. The Morgan fingerprint density at radius 1 is 0.933 bits per heavy atom. The van der Waals surface area contributed by atoms with Crippen molar-refractivity contribution in [3.63, 3.8) is 0 Å². The van der Waals surface area contributed by atoms with E-state index in [9.17, 15) is 23.5 Å². The van der Waals surface area contributed by atoms with E-state index in [1.165, 1.54) is 0 Å². The monoisotopic (exact) mass is 347 g/mol. The minimum atomic E-state index is -6.07. The molecule has 0 saturated carbocycles. The molecule has 0 heterocycles. The zero-order chi connectivity index (χ0) is 10.4. The van der Waals surface area contributed by atoms with Crippen molar-refractivity contribution in [3.05, 3.63) is 10.1 Å². The Morgan fingerprint density at radius 2 is 1.07 bits per heavy atom. The summed E-state index contributed by atoms with van der Waals surface area (Å²) in [5.41, 5.74) is 0. The maximum absolute atomic E-state index is 9.38. The molecular formula is Cr2KNNa2O9. The van der Waals surface area contributed by atoms with Gasteiger partial charge in [0.2, 0.25) is 0 Å². The molecule has 74 valence electrons. The van der Waals surface area contributed by atoms with E-state index in [1.54, 1.807) is 0 Å². The van der Waals surface area contributed by atoms with Crippen molar-refractivity contribution in [1.82, 2.24) is 0 Å². The summed E-state index contributed by atoms with van der Waals surface area (Å²) in [6, 6.07) is 0. The molecule has 0 unspecified atom stereocenters. The Labute approximate surface area is 175 Å². The standard InChI is InChI=1S/2Cr.K.HNO2.2Na.7O/c;;;2-1-3;;;;;;;;;/h;;;(H,2,3);;;;;;;;;/q;;+1;;2*+1;;;;;;2*-1/p-1. The fraction of sp³-hybridized carbons (Fsp3) is 0. The van der Waals surface area contributed by atoms with Crippen LogP contribution in [0, 0.1) is 10.1 Å². The summed E-state index contributed by atoms with van der Waals surface area (Å²) in [4.78, 5) is 8.00. The van der Waals surface area contributed by atoms with Gasteiger partial charge in [-0.1, -0.05) is 0 Å². The SMILES string of the molecule is O=N[O-].[K+].[Na+].[Na+].[O]=[Cr](=[O])([O-])[O][Cr](=[O])(=[O])[O-]. The summed E-state index contributed by atoms with van der Waals surface area (Å²) in [7, 11) is 0. The number of rotatable bonds is 2. The first-order chi connectivity index (χ1) is 5.12. The number of hydrogen-bond donors (Lipinski definition) is 0. The van der Waals surface area contributed by atoms with Crippen LogP contribution in [0.3, 0.4) is 0 Å². The van der Waals surface area contributed by atoms with Crippen LogP contribution in [0.2, 0.25) is 0 Å². The first-order valence-corrected chi connectivity index (χ1v) is 5.86. The van der Waals surface area contributed by atoms with Gasteiger partial charge in [0.1, 0.15) is 0 Å². The molecule has 0 aromatic heterocycles. The van der Waals surface area contributed by atoms with Crippen LogP contribution in [0.15, 0.2) is 5.34 Å². The first kappa shape index (κ1) is 30.9. The third kappa shape index (κ3) is 47.0. The fourth-order valence-electron chi connectivity index (χ4n) is 0.102. The molecular weight excluding hydrogens is 347 g/mol. The van der Waals surface area contributed by atoms with Gasteiger partial charge in [0.05, 0.1) is 0 Å². The van der Waals surface area contributed by atoms with Gasteiger partial charge in [0.15, 0.2) is 0 Å². The second-order valence-electron chi connectivity index (χ2n) is 0.959. The van der Waals surface area contributed by atoms with Crippen LogP contribution in [-0.2, 0) is 45.3 Å². The van der Waals surface area contributed by atoms with Crippen LogP contribution >= 0.6 is 0 Å². The molecule has 0 spiro atoms. The summed E-state index contributed by atoms with van der Waals surface area (Å²) in [5.74, 6) is 0. The predicted molar refractivity (Wildman–Crippen MR) is 13.0 cm³/mol. The first-order valence-electron chi connectivity index (χ1n) is 1.70. The van der Waals surface area contributed by atoms with Gasteiger partial charge in [-0.2, -0.15) is 0 Å². The summed E-state index contributed by atoms with van der Waals surface area (Å²) in [5, 5.41) is 9.00. The van der Waals surface area contributed by atoms with Gasteiger partial charge in [-0.15, -0.1) is 5.34 Å². The van der Waals surface area contributed by atoms with Gasteiger partial charge in [0.25, 0.3) is 0 Å². The average Bonchev–Trinajstić information content (AvgIpc) is 1.53. The summed E-state index contributed by atoms with van der Waals surface area (Å²) in [6.07, 6.45) is 0. The van der Waals surface area contributed by atoms with E-state index in [0.29, 0.717) is 0 Å². The molecule has 0 rings (SSSR count). The maximum atomic E-state index is 9.38. The van der Waals surface area contributed by atoms with E-state index in [0.717, 1.165) is 5.34 Å². The van der Waals surface area contributed by atoms with Crippen molar-refractivity contribution in [2.45, 2.75) is 0 Å². The number of nitrogens with zero attached hydrogens (tertiary/aromatic N) is 1. The van der Waals surface area contributed by atoms with E-state index in [4.69, 9.17) is 10.1 Å². The minimum absolute atomic E-state index is 0. The summed E-state index contributed by atoms with van der Waals surface area (Å²) in [6.45, 7) is 0. The van der Waals surface area contributed by atoms with Crippen molar-refractivity contribution in [1.29, 1.82) is 0 Å². The molecule has 0 fully saturated rings. The molecule has 10 nitrogen and oxygen atoms in total. The van der Waals surface area contributed by atoms with Crippen LogP contribution < -0.4 is 119 Å². The molecule has 0 aromatic carbocycles. The molecule has 0 radical (unpaired) electrons. The molecule has 15 heteroatoms. The molecule has 0 N–H and O–H groups in total. The van der Waals surface area contributed by atoms with Crippen molar-refractivity contribution in [2.75, 3.05) is 0 Å². The van der Waals surface area contributed by atoms with E-state index >= 15 is 0 Å². The van der Waals surface area contributed by atoms with Gasteiger partial charge < -0.3 is 10.1 Å². The quantitative estimate of drug-likeness (QED) is 0.266. The molecule has 0 aliphatic heterocycles. The molecule has 0 bridgehead atoms. The molecule has 0 aliphatic rings. The molecule has 0 saturated heterocycles. The summed E-state index contributed by atoms with van der Waals surface area (Å²) < 4.78 is 58.9. The van der Waals surface area contributed by atoms with Crippen molar-refractivity contribution in [3.8, 4) is 0 Å². The summed E-state index contributed by atoms with van der Waals surface area (Å²) >= 11 is -12.1. The third-order valence-corrected chi connectivity index (χ3v) is 2.83. The van der Waals surface area contributed by atoms with Crippen LogP contribution in [0.4, 0.5) is 0 Å². The predicted octanol–water partition coefficient (Wildman–Crippen LogP) is -11.7. The van der Waals surface area contributed by atoms with E-state index in [1.807, 2.05) is 0 Å². The Balaban J connectivity index is -0.0000000500. The Morgan fingerprint density at radius 3 is 1.07 bits per heavy atom. The zero-order valence-electron chi connectivity index (χ0n) is 7.94. The Kier molecular flexibility index (Phi) is 31.4. The van der Waals surface area contributed by atoms with E-state index in [-0.39, 0.29) is 110 Å². The van der Waals surface area contributed by atoms with Crippen LogP contribution in [0.25, 0.3) is 0 Å². The van der Waals surface area contributed by atoms with Gasteiger partial charge in [-0.3, -0.25) is 0 Å². The van der Waals surface area contributed by atoms with Crippen LogP contribution in [0.1, 0.15) is 0 Å². The average molecular weight is 347 g/mol. The van der Waals surface area contributed by atoms with Crippen molar-refractivity contribution in [2.24, 2.45) is 5.34 Å². The zero-order valence-corrected chi connectivity index (χ0v) is 17.6. The number of hydrogen-bond acceptors (Lipinski definition) is 10. The molecule has 0 aliphatic carbocycles. The van der Waals surface area contributed by atoms with Crippen molar-refractivity contribution >= 4 is 0 Å². The van der Waals surface area contributed by atoms with Crippen LogP contribution in [0.5, 0.6) is 0 Å². The Bertz CT molecular complexity index is 288. The molecule has 0 atom stereocenters. The molecule has 0 amide bonds. The third-order valence-electron chi connectivity index (χ3n) is 0.167. The van der Waals surface area contributed by atoms with Crippen molar-refractivity contribution < 1.29 is 164 Å². The fourth-order valence-corrected chi connectivity index (χ4v) is 1.74. The second-order valence-corrected chi connectivity index (χ2v) is 4.60.